The Bertz CT molecular complexity index is 641. The van der Waals surface area contributed by atoms with Crippen LogP contribution in [0.3, 0.4) is 0 Å². The molecule has 1 aliphatic rings. The minimum atomic E-state index is 0.686. The zero-order valence-corrected chi connectivity index (χ0v) is 14.0. The summed E-state index contributed by atoms with van der Waals surface area (Å²) in [7, 11) is 4.03. The van der Waals surface area contributed by atoms with Crippen LogP contribution < -0.4 is 4.90 Å². The third-order valence-electron chi connectivity index (χ3n) is 4.20. The molecular formula is C15H25N7. The van der Waals surface area contributed by atoms with E-state index in [2.05, 4.69) is 31.8 Å². The summed E-state index contributed by atoms with van der Waals surface area (Å²) in [4.78, 5) is 16.0. The molecule has 0 spiro atoms. The molecule has 0 aliphatic carbocycles. The van der Waals surface area contributed by atoms with Gasteiger partial charge < -0.3 is 9.80 Å². The van der Waals surface area contributed by atoms with Crippen LogP contribution in [0.15, 0.2) is 6.07 Å². The first-order valence-electron chi connectivity index (χ1n) is 7.92. The SMILES string of the molecule is CCN1CCN(Cc2nc3nc(C)cc(N(C)C)n3n2)CC1. The third kappa shape index (κ3) is 3.05. The molecule has 0 saturated carbocycles. The van der Waals surface area contributed by atoms with Crippen molar-refractivity contribution in [3.05, 3.63) is 17.6 Å². The summed E-state index contributed by atoms with van der Waals surface area (Å²) >= 11 is 0. The molecule has 120 valence electrons. The third-order valence-corrected chi connectivity index (χ3v) is 4.20. The molecule has 0 atom stereocenters. The van der Waals surface area contributed by atoms with E-state index >= 15 is 0 Å². The Hall–Kier alpha value is -1.73. The summed E-state index contributed by atoms with van der Waals surface area (Å²) in [5.41, 5.74) is 0.965. The molecule has 1 fully saturated rings. The largest absolute Gasteiger partial charge is 0.363 e. The van der Waals surface area contributed by atoms with Gasteiger partial charge in [-0.1, -0.05) is 6.92 Å². The lowest BCUT2D eigenvalue weighted by molar-refractivity contribution is 0.129. The van der Waals surface area contributed by atoms with Gasteiger partial charge in [0.2, 0.25) is 0 Å². The molecule has 2 aromatic rings. The fraction of sp³-hybridized carbons (Fsp3) is 0.667. The van der Waals surface area contributed by atoms with Crippen molar-refractivity contribution in [3.8, 4) is 0 Å². The van der Waals surface area contributed by atoms with Crippen LogP contribution in [0.5, 0.6) is 0 Å². The van der Waals surface area contributed by atoms with Crippen LogP contribution in [0, 0.1) is 6.92 Å². The standard InChI is InChI=1S/C15H25N7/c1-5-20-6-8-21(9-7-20)11-13-17-15-16-12(2)10-14(19(3)4)22(15)18-13/h10H,5-9,11H2,1-4H3. The Morgan fingerprint density at radius 1 is 1.09 bits per heavy atom. The van der Waals surface area contributed by atoms with E-state index < -0.39 is 0 Å². The molecule has 3 heterocycles. The molecule has 22 heavy (non-hydrogen) atoms. The Morgan fingerprint density at radius 2 is 1.77 bits per heavy atom. The zero-order valence-electron chi connectivity index (χ0n) is 14.0. The zero-order chi connectivity index (χ0) is 15.7. The van der Waals surface area contributed by atoms with E-state index in [0.717, 1.165) is 56.6 Å². The van der Waals surface area contributed by atoms with Gasteiger partial charge in [0.05, 0.1) is 6.54 Å². The number of aryl methyl sites for hydroxylation is 1. The maximum atomic E-state index is 4.65. The minimum absolute atomic E-state index is 0.686. The lowest BCUT2D eigenvalue weighted by atomic mass is 10.3. The van der Waals surface area contributed by atoms with Crippen LogP contribution in [0.25, 0.3) is 5.78 Å². The van der Waals surface area contributed by atoms with Crippen LogP contribution in [-0.2, 0) is 6.54 Å². The smallest absolute Gasteiger partial charge is 0.254 e. The van der Waals surface area contributed by atoms with Crippen molar-refractivity contribution in [3.63, 3.8) is 0 Å². The van der Waals surface area contributed by atoms with Crippen molar-refractivity contribution in [2.45, 2.75) is 20.4 Å². The fourth-order valence-corrected chi connectivity index (χ4v) is 2.86. The van der Waals surface area contributed by atoms with Gasteiger partial charge in [-0.05, 0) is 13.5 Å². The van der Waals surface area contributed by atoms with E-state index in [4.69, 9.17) is 0 Å². The molecule has 0 unspecified atom stereocenters. The maximum Gasteiger partial charge on any atom is 0.254 e. The highest BCUT2D eigenvalue weighted by atomic mass is 15.4. The average Bonchev–Trinajstić information content (AvgIpc) is 2.89. The molecule has 0 N–H and O–H groups in total. The molecule has 1 saturated heterocycles. The number of piperazine rings is 1. The predicted octanol–water partition coefficient (Wildman–Crippen LogP) is 0.636. The summed E-state index contributed by atoms with van der Waals surface area (Å²) in [6.07, 6.45) is 0. The molecule has 0 bridgehead atoms. The lowest BCUT2D eigenvalue weighted by Gasteiger charge is -2.33. The number of rotatable bonds is 4. The van der Waals surface area contributed by atoms with E-state index in [1.807, 2.05) is 36.5 Å². The molecule has 7 nitrogen and oxygen atoms in total. The van der Waals surface area contributed by atoms with Gasteiger partial charge in [0.1, 0.15) is 5.82 Å². The Balaban J connectivity index is 1.79. The van der Waals surface area contributed by atoms with Gasteiger partial charge >= 0.3 is 0 Å². The van der Waals surface area contributed by atoms with Crippen molar-refractivity contribution in [1.29, 1.82) is 0 Å². The molecule has 2 aromatic heterocycles. The Kier molecular flexibility index (Phi) is 4.26. The van der Waals surface area contributed by atoms with Crippen molar-refractivity contribution in [2.75, 3.05) is 51.7 Å². The van der Waals surface area contributed by atoms with Crippen molar-refractivity contribution in [1.82, 2.24) is 29.4 Å². The van der Waals surface area contributed by atoms with Gasteiger partial charge in [-0.15, -0.1) is 5.10 Å². The van der Waals surface area contributed by atoms with Crippen LogP contribution in [0.2, 0.25) is 0 Å². The number of hydrogen-bond acceptors (Lipinski definition) is 6. The molecular weight excluding hydrogens is 278 g/mol. The monoisotopic (exact) mass is 303 g/mol. The van der Waals surface area contributed by atoms with Gasteiger partial charge in [-0.2, -0.15) is 9.50 Å². The summed E-state index contributed by atoms with van der Waals surface area (Å²) in [5, 5.41) is 4.65. The molecule has 0 radical (unpaired) electrons. The van der Waals surface area contributed by atoms with E-state index in [0.29, 0.717) is 5.78 Å². The van der Waals surface area contributed by atoms with Gasteiger partial charge in [0.25, 0.3) is 5.78 Å². The van der Waals surface area contributed by atoms with E-state index in [9.17, 15) is 0 Å². The van der Waals surface area contributed by atoms with Crippen LogP contribution in [0.1, 0.15) is 18.4 Å². The van der Waals surface area contributed by atoms with Crippen molar-refractivity contribution < 1.29 is 0 Å². The minimum Gasteiger partial charge on any atom is -0.363 e. The lowest BCUT2D eigenvalue weighted by Crippen LogP contribution is -2.45. The predicted molar refractivity (Wildman–Crippen MR) is 87.2 cm³/mol. The number of anilines is 1. The highest BCUT2D eigenvalue weighted by molar-refractivity contribution is 5.46. The molecule has 0 amide bonds. The number of likely N-dealkylation sites (N-methyl/N-ethyl adjacent to an activating group) is 1. The maximum absolute atomic E-state index is 4.65. The van der Waals surface area contributed by atoms with Crippen LogP contribution in [0.4, 0.5) is 5.82 Å². The van der Waals surface area contributed by atoms with E-state index in [-0.39, 0.29) is 0 Å². The molecule has 1 aliphatic heterocycles. The van der Waals surface area contributed by atoms with Gasteiger partial charge in [-0.25, -0.2) is 4.98 Å². The normalized spacial score (nSPS) is 17.3. The Morgan fingerprint density at radius 3 is 2.41 bits per heavy atom. The first-order chi connectivity index (χ1) is 10.6. The summed E-state index contributed by atoms with van der Waals surface area (Å²) in [6.45, 7) is 10.6. The highest BCUT2D eigenvalue weighted by Gasteiger charge is 2.18. The van der Waals surface area contributed by atoms with Crippen LogP contribution in [-0.4, -0.2) is 76.2 Å². The first kappa shape index (κ1) is 15.2. The average molecular weight is 303 g/mol. The van der Waals surface area contributed by atoms with Crippen molar-refractivity contribution >= 4 is 11.6 Å². The number of nitrogens with zero attached hydrogens (tertiary/aromatic N) is 7. The number of aromatic nitrogens is 4. The highest BCUT2D eigenvalue weighted by Crippen LogP contribution is 2.15. The second kappa shape index (κ2) is 6.18. The fourth-order valence-electron chi connectivity index (χ4n) is 2.86. The summed E-state index contributed by atoms with van der Waals surface area (Å²) < 4.78 is 1.84. The quantitative estimate of drug-likeness (QED) is 0.826. The second-order valence-electron chi connectivity index (χ2n) is 6.10. The van der Waals surface area contributed by atoms with E-state index in [1.54, 1.807) is 0 Å². The Labute approximate surface area is 131 Å². The number of fused-ring (bicyclic) bond motifs is 1. The van der Waals surface area contributed by atoms with Crippen molar-refractivity contribution in [2.24, 2.45) is 0 Å². The first-order valence-corrected chi connectivity index (χ1v) is 7.92. The number of hydrogen-bond donors (Lipinski definition) is 0. The van der Waals surface area contributed by atoms with E-state index in [1.165, 1.54) is 0 Å². The second-order valence-corrected chi connectivity index (χ2v) is 6.10. The van der Waals surface area contributed by atoms with Gasteiger partial charge in [0.15, 0.2) is 5.82 Å². The molecule has 0 aromatic carbocycles. The molecule has 7 heteroatoms. The summed E-state index contributed by atoms with van der Waals surface area (Å²) in [6, 6.07) is 2.03. The molecule has 3 rings (SSSR count). The van der Waals surface area contributed by atoms with Gasteiger partial charge in [-0.3, -0.25) is 4.90 Å². The topological polar surface area (TPSA) is 52.8 Å². The summed E-state index contributed by atoms with van der Waals surface area (Å²) in [5.74, 6) is 2.55. The van der Waals surface area contributed by atoms with Crippen LogP contribution >= 0.6 is 0 Å². The van der Waals surface area contributed by atoms with Gasteiger partial charge in [0, 0.05) is 52.0 Å².